The number of esters is 2. The van der Waals surface area contributed by atoms with Crippen LogP contribution in [0.15, 0.2) is 36.4 Å². The summed E-state index contributed by atoms with van der Waals surface area (Å²) in [5.74, 6) is 0.0587. The third-order valence-electron chi connectivity index (χ3n) is 9.27. The molecular formula is C30H28O6. The third-order valence-corrected chi connectivity index (χ3v) is 9.27. The van der Waals surface area contributed by atoms with Crippen molar-refractivity contribution in [3.8, 4) is 11.5 Å². The Kier molecular flexibility index (Phi) is 4.95. The molecule has 0 saturated heterocycles. The summed E-state index contributed by atoms with van der Waals surface area (Å²) < 4.78 is 11.6. The van der Waals surface area contributed by atoms with Crippen molar-refractivity contribution in [3.63, 3.8) is 0 Å². The van der Waals surface area contributed by atoms with Crippen LogP contribution in [0.2, 0.25) is 0 Å². The van der Waals surface area contributed by atoms with E-state index in [2.05, 4.69) is 0 Å². The fourth-order valence-corrected chi connectivity index (χ4v) is 7.39. The summed E-state index contributed by atoms with van der Waals surface area (Å²) in [6.45, 7) is 0. The smallest absolute Gasteiger partial charge is 0.314 e. The van der Waals surface area contributed by atoms with Gasteiger partial charge < -0.3 is 9.47 Å². The van der Waals surface area contributed by atoms with Gasteiger partial charge >= 0.3 is 11.9 Å². The van der Waals surface area contributed by atoms with Gasteiger partial charge in [-0.15, -0.1) is 0 Å². The number of ether oxygens (including phenoxy) is 2. The molecule has 4 unspecified atom stereocenters. The van der Waals surface area contributed by atoms with Gasteiger partial charge in [-0.3, -0.25) is 19.2 Å². The van der Waals surface area contributed by atoms with E-state index in [0.717, 1.165) is 51.4 Å². The fourth-order valence-electron chi connectivity index (χ4n) is 7.39. The summed E-state index contributed by atoms with van der Waals surface area (Å²) in [6.07, 6.45) is 8.72. The summed E-state index contributed by atoms with van der Waals surface area (Å²) >= 11 is 0. The van der Waals surface area contributed by atoms with Crippen LogP contribution in [0.1, 0.15) is 83.2 Å². The standard InChI is InChI=1S/C30H28O6/c31-27-19-11-5-13-21(35-29(33)23-15-7-1-2-8-16(15)23)25(19)28(32)26-20(27)12-6-14-22(26)36-30(34)24-17-9-3-4-10-18(17)24/h5-6,11-18,23-24H,1-4,7-10H2. The maximum absolute atomic E-state index is 13.8. The van der Waals surface area contributed by atoms with Gasteiger partial charge in [0, 0.05) is 11.1 Å². The molecule has 4 atom stereocenters. The quantitative estimate of drug-likeness (QED) is 0.376. The molecule has 0 spiro atoms. The van der Waals surface area contributed by atoms with Crippen LogP contribution < -0.4 is 9.47 Å². The van der Waals surface area contributed by atoms with Gasteiger partial charge in [0.2, 0.25) is 5.78 Å². The largest absolute Gasteiger partial charge is 0.425 e. The van der Waals surface area contributed by atoms with Crippen molar-refractivity contribution in [3.05, 3.63) is 58.7 Å². The molecule has 0 heterocycles. The number of carbonyl (C=O) groups excluding carboxylic acids is 4. The van der Waals surface area contributed by atoms with Gasteiger partial charge in [0.25, 0.3) is 0 Å². The average molecular weight is 485 g/mol. The molecule has 184 valence electrons. The number of ketones is 2. The maximum atomic E-state index is 13.8. The minimum absolute atomic E-state index is 0.0792. The van der Waals surface area contributed by atoms with Gasteiger partial charge in [-0.2, -0.15) is 0 Å². The molecule has 0 aliphatic heterocycles. The Morgan fingerprint density at radius 1 is 0.583 bits per heavy atom. The molecule has 0 amide bonds. The average Bonchev–Trinajstić information content (AvgIpc) is 3.80. The molecule has 6 heteroatoms. The summed E-state index contributed by atoms with van der Waals surface area (Å²) in [6, 6.07) is 9.58. The second-order valence-corrected chi connectivity index (χ2v) is 11.1. The molecule has 2 aromatic rings. The molecule has 5 aliphatic rings. The van der Waals surface area contributed by atoms with Crippen molar-refractivity contribution < 1.29 is 28.7 Å². The van der Waals surface area contributed by atoms with Crippen LogP contribution in [0.25, 0.3) is 0 Å². The second-order valence-electron chi connectivity index (χ2n) is 11.1. The van der Waals surface area contributed by atoms with Gasteiger partial charge in [-0.1, -0.05) is 49.9 Å². The summed E-state index contributed by atoms with van der Waals surface area (Å²) in [5.41, 5.74) is 0.580. The molecule has 0 N–H and O–H groups in total. The third kappa shape index (κ3) is 3.30. The number of hydrogen-bond donors (Lipinski definition) is 0. The van der Waals surface area contributed by atoms with Crippen LogP contribution in [0.3, 0.4) is 0 Å². The predicted molar refractivity (Wildman–Crippen MR) is 129 cm³/mol. The number of fused-ring (bicyclic) bond motifs is 4. The molecule has 5 aliphatic carbocycles. The van der Waals surface area contributed by atoms with Crippen LogP contribution in [0.5, 0.6) is 11.5 Å². The molecule has 4 fully saturated rings. The zero-order valence-corrected chi connectivity index (χ0v) is 20.0. The second kappa shape index (κ2) is 8.12. The molecule has 6 nitrogen and oxygen atoms in total. The zero-order chi connectivity index (χ0) is 24.6. The SMILES string of the molecule is O=C1c2cccc(OC(=O)C3C4CCCCC43)c2C(=O)c2c(OC(=O)C3C4CCCCC43)cccc21. The van der Waals surface area contributed by atoms with E-state index in [1.165, 1.54) is 0 Å². The topological polar surface area (TPSA) is 86.7 Å². The Balaban J connectivity index is 1.19. The van der Waals surface area contributed by atoms with Crippen molar-refractivity contribution in [2.75, 3.05) is 0 Å². The number of rotatable bonds is 4. The number of carbonyl (C=O) groups is 4. The first-order chi connectivity index (χ1) is 17.5. The van der Waals surface area contributed by atoms with Crippen LogP contribution in [0.4, 0.5) is 0 Å². The maximum Gasteiger partial charge on any atom is 0.314 e. The van der Waals surface area contributed by atoms with Crippen molar-refractivity contribution in [1.29, 1.82) is 0 Å². The lowest BCUT2D eigenvalue weighted by Gasteiger charge is -2.21. The zero-order valence-electron chi connectivity index (χ0n) is 20.0. The normalized spacial score (nSPS) is 31.3. The number of hydrogen-bond acceptors (Lipinski definition) is 6. The minimum Gasteiger partial charge on any atom is -0.425 e. The highest BCUT2D eigenvalue weighted by Gasteiger charge is 2.57. The van der Waals surface area contributed by atoms with Crippen LogP contribution in [-0.4, -0.2) is 23.5 Å². The Morgan fingerprint density at radius 2 is 0.972 bits per heavy atom. The molecule has 7 rings (SSSR count). The van der Waals surface area contributed by atoms with Crippen molar-refractivity contribution in [1.82, 2.24) is 0 Å². The summed E-state index contributed by atoms with van der Waals surface area (Å²) in [7, 11) is 0. The summed E-state index contributed by atoms with van der Waals surface area (Å²) in [5, 5.41) is 0. The predicted octanol–water partition coefficient (Wildman–Crippen LogP) is 5.15. The highest BCUT2D eigenvalue weighted by Crippen LogP contribution is 2.57. The van der Waals surface area contributed by atoms with Crippen molar-refractivity contribution in [2.24, 2.45) is 35.5 Å². The lowest BCUT2D eigenvalue weighted by molar-refractivity contribution is -0.137. The van der Waals surface area contributed by atoms with Crippen LogP contribution >= 0.6 is 0 Å². The van der Waals surface area contributed by atoms with Gasteiger partial charge in [0.05, 0.1) is 23.0 Å². The highest BCUT2D eigenvalue weighted by molar-refractivity contribution is 6.30. The van der Waals surface area contributed by atoms with E-state index in [4.69, 9.17) is 9.47 Å². The van der Waals surface area contributed by atoms with Gasteiger partial charge in [0.1, 0.15) is 11.5 Å². The molecule has 36 heavy (non-hydrogen) atoms. The Bertz CT molecular complexity index is 1200. The van der Waals surface area contributed by atoms with E-state index in [1.54, 1.807) is 36.4 Å². The van der Waals surface area contributed by atoms with Gasteiger partial charge in [-0.05, 0) is 61.5 Å². The first kappa shape index (κ1) is 22.0. The van der Waals surface area contributed by atoms with E-state index in [1.807, 2.05) is 0 Å². The molecule has 0 aromatic heterocycles. The first-order valence-corrected chi connectivity index (χ1v) is 13.3. The van der Waals surface area contributed by atoms with Gasteiger partial charge in [0.15, 0.2) is 5.78 Å². The monoisotopic (exact) mass is 484 g/mol. The van der Waals surface area contributed by atoms with E-state index in [-0.39, 0.29) is 63.3 Å². The Labute approximate surface area is 209 Å². The Hall–Kier alpha value is -3.28. The first-order valence-electron chi connectivity index (χ1n) is 13.3. The molecule has 0 bridgehead atoms. The molecule has 2 aromatic carbocycles. The number of benzene rings is 2. The van der Waals surface area contributed by atoms with Crippen molar-refractivity contribution >= 4 is 23.5 Å². The van der Waals surface area contributed by atoms with E-state index in [9.17, 15) is 19.2 Å². The van der Waals surface area contributed by atoms with E-state index in [0.29, 0.717) is 23.7 Å². The molecular weight excluding hydrogens is 456 g/mol. The van der Waals surface area contributed by atoms with E-state index >= 15 is 0 Å². The van der Waals surface area contributed by atoms with E-state index < -0.39 is 5.78 Å². The van der Waals surface area contributed by atoms with Crippen LogP contribution in [0, 0.1) is 35.5 Å². The summed E-state index contributed by atoms with van der Waals surface area (Å²) in [4.78, 5) is 53.2. The minimum atomic E-state index is -0.451. The lowest BCUT2D eigenvalue weighted by atomic mass is 9.83. The molecule has 0 radical (unpaired) electrons. The molecule has 4 saturated carbocycles. The fraction of sp³-hybridized carbons (Fsp3) is 0.467. The van der Waals surface area contributed by atoms with Crippen molar-refractivity contribution in [2.45, 2.75) is 51.4 Å². The Morgan fingerprint density at radius 3 is 1.36 bits per heavy atom. The highest BCUT2D eigenvalue weighted by atomic mass is 16.5. The van der Waals surface area contributed by atoms with Crippen LogP contribution in [-0.2, 0) is 9.59 Å². The van der Waals surface area contributed by atoms with Gasteiger partial charge in [-0.25, -0.2) is 0 Å². The lowest BCUT2D eigenvalue weighted by Crippen LogP contribution is -2.25.